The molecule has 0 radical (unpaired) electrons. The number of aryl methyl sites for hydroxylation is 1. The average molecular weight is 622 g/mol. The number of aromatic nitrogens is 2. The number of hydrogen-bond donors (Lipinski definition) is 2. The minimum absolute atomic E-state index is 0.0564. The number of aromatic carboxylic acids is 1. The molecule has 3 aromatic rings. The van der Waals surface area contributed by atoms with Crippen LogP contribution in [0.1, 0.15) is 63.2 Å². The van der Waals surface area contributed by atoms with Crippen molar-refractivity contribution in [3.63, 3.8) is 0 Å². The summed E-state index contributed by atoms with van der Waals surface area (Å²) in [6.45, 7) is 0.770. The van der Waals surface area contributed by atoms with E-state index in [9.17, 15) is 37.8 Å². The van der Waals surface area contributed by atoms with E-state index in [1.807, 2.05) is 0 Å². The van der Waals surface area contributed by atoms with Gasteiger partial charge in [-0.25, -0.2) is 9.18 Å². The molecule has 1 atom stereocenters. The number of carbonyl (C=O) groups excluding carboxylic acids is 2. The lowest BCUT2D eigenvalue weighted by Gasteiger charge is -2.33. The maximum atomic E-state index is 15.2. The molecule has 2 aromatic carbocycles. The van der Waals surface area contributed by atoms with Gasteiger partial charge < -0.3 is 15.1 Å². The lowest BCUT2D eigenvalue weighted by Crippen LogP contribution is -2.44. The second-order valence-electron chi connectivity index (χ2n) is 10.9. The van der Waals surface area contributed by atoms with Crippen LogP contribution in [0, 0.1) is 11.7 Å². The Balaban J connectivity index is 1.58. The number of nitrogens with zero attached hydrogens (tertiary/aromatic N) is 3. The predicted octanol–water partition coefficient (Wildman–Crippen LogP) is 5.31. The van der Waals surface area contributed by atoms with Crippen molar-refractivity contribution in [2.75, 3.05) is 13.1 Å². The van der Waals surface area contributed by atoms with Crippen molar-refractivity contribution in [1.82, 2.24) is 14.7 Å². The number of hydrogen-bond acceptors (Lipinski definition) is 5. The van der Waals surface area contributed by atoms with E-state index in [-0.39, 0.29) is 51.7 Å². The molecule has 1 aliphatic heterocycles. The molecule has 5 rings (SSSR count). The van der Waals surface area contributed by atoms with E-state index in [1.54, 1.807) is 4.90 Å². The summed E-state index contributed by atoms with van der Waals surface area (Å²) in [7, 11) is 0. The van der Waals surface area contributed by atoms with Crippen molar-refractivity contribution in [3.8, 4) is 11.3 Å². The third-order valence-electron chi connectivity index (χ3n) is 8.05. The summed E-state index contributed by atoms with van der Waals surface area (Å²) in [5.74, 6) is -3.73. The fourth-order valence-corrected chi connectivity index (χ4v) is 6.07. The normalized spacial score (nSPS) is 17.5. The molecule has 2 N–H and O–H groups in total. The van der Waals surface area contributed by atoms with Gasteiger partial charge in [-0.15, -0.1) is 0 Å². The van der Waals surface area contributed by atoms with Crippen molar-refractivity contribution in [2.45, 2.75) is 57.2 Å². The first-order valence-electron chi connectivity index (χ1n) is 13.8. The molecule has 0 saturated carbocycles. The van der Waals surface area contributed by atoms with E-state index in [0.717, 1.165) is 10.7 Å². The zero-order chi connectivity index (χ0) is 31.1. The van der Waals surface area contributed by atoms with Crippen LogP contribution in [-0.2, 0) is 24.1 Å². The monoisotopic (exact) mass is 621 g/mol. The Morgan fingerprint density at radius 2 is 1.79 bits per heavy atom. The van der Waals surface area contributed by atoms with Crippen LogP contribution in [0.3, 0.4) is 0 Å². The lowest BCUT2D eigenvalue weighted by molar-refractivity contribution is -0.138. The van der Waals surface area contributed by atoms with Gasteiger partial charge in [0, 0.05) is 43.0 Å². The highest BCUT2D eigenvalue weighted by atomic mass is 35.5. The van der Waals surface area contributed by atoms with Gasteiger partial charge in [0.1, 0.15) is 5.82 Å². The van der Waals surface area contributed by atoms with Crippen LogP contribution in [0.15, 0.2) is 36.4 Å². The maximum absolute atomic E-state index is 15.2. The molecule has 1 aromatic heterocycles. The molecular weight excluding hydrogens is 594 g/mol. The number of benzene rings is 2. The quantitative estimate of drug-likeness (QED) is 0.361. The van der Waals surface area contributed by atoms with Gasteiger partial charge >= 0.3 is 12.1 Å². The maximum Gasteiger partial charge on any atom is 0.389 e. The Hall–Kier alpha value is -3.77. The molecule has 43 heavy (non-hydrogen) atoms. The van der Waals surface area contributed by atoms with Crippen molar-refractivity contribution in [2.24, 2.45) is 5.92 Å². The number of alkyl halides is 3. The third kappa shape index (κ3) is 6.45. The number of carboxylic acids is 1. The zero-order valence-corrected chi connectivity index (χ0v) is 23.6. The van der Waals surface area contributed by atoms with Gasteiger partial charge in [-0.1, -0.05) is 23.7 Å². The van der Waals surface area contributed by atoms with Crippen molar-refractivity contribution < 1.29 is 42.2 Å². The summed E-state index contributed by atoms with van der Waals surface area (Å²) in [6, 6.07) is 7.49. The van der Waals surface area contributed by atoms with Crippen LogP contribution in [0.4, 0.5) is 17.6 Å². The highest BCUT2D eigenvalue weighted by Crippen LogP contribution is 2.37. The van der Waals surface area contributed by atoms with Gasteiger partial charge in [-0.3, -0.25) is 9.59 Å². The summed E-state index contributed by atoms with van der Waals surface area (Å²) >= 11 is 6.36. The van der Waals surface area contributed by atoms with Crippen molar-refractivity contribution >= 4 is 29.4 Å². The van der Waals surface area contributed by atoms with E-state index < -0.39 is 48.7 Å². The Morgan fingerprint density at radius 1 is 1.07 bits per heavy atom. The van der Waals surface area contributed by atoms with Gasteiger partial charge in [0.15, 0.2) is 0 Å². The van der Waals surface area contributed by atoms with Gasteiger partial charge in [0.25, 0.3) is 5.91 Å². The van der Waals surface area contributed by atoms with Gasteiger partial charge in [-0.05, 0) is 61.9 Å². The standard InChI is InChI=1S/C30H28ClF4N3O5/c31-22-3-1-2-16(8-11-30(33,34)35)25(22)28(41)38-24-15-17(27(40)37-12-9-19(39)10-13-37)4-7-21(24)26(36-38)20-6-5-18(29(42)43)14-23(20)32/h1-3,5-6,14,17,19,39H,4,7-13,15H2,(H,42,43). The summed E-state index contributed by atoms with van der Waals surface area (Å²) in [6.07, 6.45) is -5.07. The molecular formula is C30H28ClF4N3O5. The molecule has 1 fully saturated rings. The summed E-state index contributed by atoms with van der Waals surface area (Å²) in [4.78, 5) is 40.5. The molecule has 2 heterocycles. The van der Waals surface area contributed by atoms with Crippen molar-refractivity contribution in [3.05, 3.63) is 75.2 Å². The smallest absolute Gasteiger partial charge is 0.389 e. The highest BCUT2D eigenvalue weighted by Gasteiger charge is 2.36. The van der Waals surface area contributed by atoms with Crippen LogP contribution in [0.5, 0.6) is 0 Å². The largest absolute Gasteiger partial charge is 0.478 e. The molecule has 1 amide bonds. The number of likely N-dealkylation sites (tertiary alicyclic amines) is 1. The van der Waals surface area contributed by atoms with Gasteiger partial charge in [-0.2, -0.15) is 23.0 Å². The van der Waals surface area contributed by atoms with E-state index in [0.29, 0.717) is 43.6 Å². The number of amides is 1. The molecule has 8 nitrogen and oxygen atoms in total. The molecule has 1 unspecified atom stereocenters. The minimum atomic E-state index is -4.47. The van der Waals surface area contributed by atoms with Crippen LogP contribution in [0.25, 0.3) is 11.3 Å². The fourth-order valence-electron chi connectivity index (χ4n) is 5.79. The number of rotatable bonds is 6. The molecule has 0 spiro atoms. The molecule has 0 bridgehead atoms. The Morgan fingerprint density at radius 3 is 2.44 bits per heavy atom. The molecule has 1 aliphatic carbocycles. The predicted molar refractivity (Wildman–Crippen MR) is 147 cm³/mol. The van der Waals surface area contributed by atoms with E-state index in [4.69, 9.17) is 11.6 Å². The zero-order valence-electron chi connectivity index (χ0n) is 22.8. The number of halogens is 5. The summed E-state index contributed by atoms with van der Waals surface area (Å²) < 4.78 is 55.4. The van der Waals surface area contributed by atoms with Gasteiger partial charge in [0.2, 0.25) is 5.91 Å². The third-order valence-corrected chi connectivity index (χ3v) is 8.37. The number of fused-ring (bicyclic) bond motifs is 1. The molecule has 1 saturated heterocycles. The number of piperidine rings is 1. The molecule has 228 valence electrons. The highest BCUT2D eigenvalue weighted by molar-refractivity contribution is 6.34. The topological polar surface area (TPSA) is 113 Å². The van der Waals surface area contributed by atoms with E-state index >= 15 is 4.39 Å². The lowest BCUT2D eigenvalue weighted by atomic mass is 9.84. The SMILES string of the molecule is O=C(O)c1ccc(-c2nn(C(=O)c3c(Cl)cccc3CCC(F)(F)F)c3c2CCC(C(=O)N2CCC(O)CC2)C3)c(F)c1. The molecule has 2 aliphatic rings. The average Bonchev–Trinajstić information content (AvgIpc) is 3.34. The van der Waals surface area contributed by atoms with Crippen LogP contribution >= 0.6 is 11.6 Å². The molecule has 13 heteroatoms. The Bertz CT molecular complexity index is 1580. The minimum Gasteiger partial charge on any atom is -0.478 e. The fraction of sp³-hybridized carbons (Fsp3) is 0.400. The number of aliphatic hydroxyl groups excluding tert-OH is 1. The van der Waals surface area contributed by atoms with Crippen LogP contribution < -0.4 is 0 Å². The second kappa shape index (κ2) is 12.1. The van der Waals surface area contributed by atoms with Crippen molar-refractivity contribution in [1.29, 1.82) is 0 Å². The van der Waals surface area contributed by atoms with Gasteiger partial charge in [0.05, 0.1) is 33.6 Å². The second-order valence-corrected chi connectivity index (χ2v) is 11.3. The number of carboxylic acid groups (broad SMARTS) is 1. The Kier molecular flexibility index (Phi) is 8.62. The number of aliphatic hydroxyl groups is 1. The van der Waals surface area contributed by atoms with E-state index in [1.165, 1.54) is 30.3 Å². The summed E-state index contributed by atoms with van der Waals surface area (Å²) in [5.41, 5.74) is 0.418. The first-order valence-corrected chi connectivity index (χ1v) is 14.2. The van der Waals surface area contributed by atoms with E-state index in [2.05, 4.69) is 5.10 Å². The Labute approximate surface area is 248 Å². The number of carbonyl (C=O) groups is 3. The van der Waals surface area contributed by atoms with Crippen LogP contribution in [-0.4, -0.2) is 68.0 Å². The first kappa shape index (κ1) is 30.7. The first-order chi connectivity index (χ1) is 20.3. The summed E-state index contributed by atoms with van der Waals surface area (Å²) in [5, 5.41) is 23.4. The van der Waals surface area contributed by atoms with Crippen LogP contribution in [0.2, 0.25) is 5.02 Å².